The normalized spacial score (nSPS) is 29.0. The van der Waals surface area contributed by atoms with Crippen LogP contribution in [0.1, 0.15) is 127 Å². The molecule has 4 aliphatic heterocycles. The van der Waals surface area contributed by atoms with Gasteiger partial charge in [-0.2, -0.15) is 0 Å². The molecule has 4 fully saturated rings. The van der Waals surface area contributed by atoms with E-state index in [2.05, 4.69) is 113 Å². The Labute approximate surface area is 303 Å². The molecule has 0 amide bonds. The second kappa shape index (κ2) is 14.2. The van der Waals surface area contributed by atoms with Crippen molar-refractivity contribution in [3.63, 3.8) is 0 Å². The van der Waals surface area contributed by atoms with Gasteiger partial charge in [-0.15, -0.1) is 23.5 Å². The highest BCUT2D eigenvalue weighted by atomic mass is 32.2. The van der Waals surface area contributed by atoms with Crippen molar-refractivity contribution in [2.75, 3.05) is 38.2 Å². The molecule has 6 rings (SSSR count). The van der Waals surface area contributed by atoms with Crippen molar-refractivity contribution >= 4 is 23.5 Å². The molecule has 0 radical (unpaired) electrons. The maximum absolute atomic E-state index is 13.5. The lowest BCUT2D eigenvalue weighted by Gasteiger charge is -2.43. The second-order valence-electron chi connectivity index (χ2n) is 20.2. The Morgan fingerprint density at radius 2 is 1.12 bits per heavy atom. The fraction of sp³-hybridized carbons (Fsp3) is 0.854. The molecule has 0 aromatic heterocycles. The predicted octanol–water partition coefficient (Wildman–Crippen LogP) is 10.5. The summed E-state index contributed by atoms with van der Waals surface area (Å²) in [6, 6.07) is 10.5. The average molecular weight is 708 g/mol. The number of thioether (sulfide) groups is 2. The highest BCUT2D eigenvalue weighted by Crippen LogP contribution is 2.52. The van der Waals surface area contributed by atoms with Crippen LogP contribution in [0.2, 0.25) is 0 Å². The standard InChI is InChI=1S/C20H31N.C12H23F2N.C9H17NS2/c1-18(2,3)17-13-20(14-21(17)19(4,5)6)11-15-9-7-8-10-16(15)12-20;1-10(2,3)9-7-12(13,14)8-15(9)11(4,5)6;1-8-6-9(7-10(8)2)11-4-3-5-12-9/h7-10,17H,11-14H2,1-6H3;9H,7-8H2,1-6H3;8H,3-7H2,1-2H3/t17-;9-;8-/m001/s1. The van der Waals surface area contributed by atoms with E-state index in [0.29, 0.717) is 21.0 Å². The van der Waals surface area contributed by atoms with E-state index in [0.717, 1.165) is 6.04 Å². The monoisotopic (exact) mass is 708 g/mol. The zero-order valence-corrected chi connectivity index (χ0v) is 34.9. The summed E-state index contributed by atoms with van der Waals surface area (Å²) < 4.78 is 27.5. The van der Waals surface area contributed by atoms with E-state index < -0.39 is 5.92 Å². The highest BCUT2D eigenvalue weighted by Gasteiger charge is 2.53. The van der Waals surface area contributed by atoms with Gasteiger partial charge in [-0.3, -0.25) is 9.80 Å². The first-order valence-electron chi connectivity index (χ1n) is 18.7. The van der Waals surface area contributed by atoms with Crippen molar-refractivity contribution < 1.29 is 8.78 Å². The third-order valence-electron chi connectivity index (χ3n) is 11.6. The third kappa shape index (κ3) is 9.75. The molecular formula is C41H71F2N3S2. The van der Waals surface area contributed by atoms with Crippen LogP contribution in [-0.2, 0) is 12.8 Å². The minimum Gasteiger partial charge on any atom is -0.301 e. The second-order valence-corrected chi connectivity index (χ2v) is 23.4. The molecule has 2 spiro atoms. The Bertz CT molecular complexity index is 1130. The van der Waals surface area contributed by atoms with E-state index in [4.69, 9.17) is 0 Å². The van der Waals surface area contributed by atoms with Crippen LogP contribution in [0.3, 0.4) is 0 Å². The number of halogens is 2. The van der Waals surface area contributed by atoms with Gasteiger partial charge in [0, 0.05) is 48.7 Å². The van der Waals surface area contributed by atoms with Gasteiger partial charge >= 0.3 is 0 Å². The van der Waals surface area contributed by atoms with Gasteiger partial charge in [0.1, 0.15) is 0 Å². The number of alkyl halides is 2. The summed E-state index contributed by atoms with van der Waals surface area (Å²) in [6.07, 6.45) is 6.70. The lowest BCUT2D eigenvalue weighted by Crippen LogP contribution is -2.49. The van der Waals surface area contributed by atoms with Gasteiger partial charge in [-0.05, 0) is 126 Å². The van der Waals surface area contributed by atoms with Crippen molar-refractivity contribution in [3.05, 3.63) is 35.4 Å². The van der Waals surface area contributed by atoms with E-state index in [1.54, 1.807) is 11.1 Å². The molecule has 276 valence electrons. The minimum atomic E-state index is -2.52. The third-order valence-corrected chi connectivity index (χ3v) is 15.0. The van der Waals surface area contributed by atoms with Crippen LogP contribution in [0.15, 0.2) is 24.3 Å². The van der Waals surface area contributed by atoms with Crippen molar-refractivity contribution in [2.24, 2.45) is 16.2 Å². The molecule has 3 nitrogen and oxygen atoms in total. The first kappa shape index (κ1) is 40.4. The molecule has 4 heterocycles. The maximum Gasteiger partial charge on any atom is 0.262 e. The van der Waals surface area contributed by atoms with E-state index in [9.17, 15) is 8.78 Å². The highest BCUT2D eigenvalue weighted by molar-refractivity contribution is 8.18. The summed E-state index contributed by atoms with van der Waals surface area (Å²) in [4.78, 5) is 7.25. The molecule has 0 unspecified atom stereocenters. The Morgan fingerprint density at radius 3 is 1.50 bits per heavy atom. The molecule has 0 saturated carbocycles. The molecule has 48 heavy (non-hydrogen) atoms. The Kier molecular flexibility index (Phi) is 12.0. The zero-order valence-electron chi connectivity index (χ0n) is 33.2. The van der Waals surface area contributed by atoms with Crippen LogP contribution in [0.4, 0.5) is 8.78 Å². The van der Waals surface area contributed by atoms with Crippen molar-refractivity contribution in [2.45, 2.75) is 168 Å². The van der Waals surface area contributed by atoms with Gasteiger partial charge in [0.05, 0.1) is 10.6 Å². The van der Waals surface area contributed by atoms with E-state index in [1.807, 2.05) is 46.4 Å². The summed E-state index contributed by atoms with van der Waals surface area (Å²) in [6.45, 7) is 31.3. The van der Waals surface area contributed by atoms with Crippen LogP contribution in [0.25, 0.3) is 0 Å². The van der Waals surface area contributed by atoms with Crippen molar-refractivity contribution in [3.8, 4) is 0 Å². The first-order valence-corrected chi connectivity index (χ1v) is 20.7. The Hall–Kier alpha value is -0.340. The average Bonchev–Trinajstić information content (AvgIpc) is 3.66. The topological polar surface area (TPSA) is 9.72 Å². The lowest BCUT2D eigenvalue weighted by molar-refractivity contribution is 0.000563. The zero-order chi connectivity index (χ0) is 36.1. The molecule has 3 atom stereocenters. The molecule has 1 aliphatic carbocycles. The lowest BCUT2D eigenvalue weighted by atomic mass is 9.76. The summed E-state index contributed by atoms with van der Waals surface area (Å²) in [7, 11) is 2.26. The van der Waals surface area contributed by atoms with E-state index in [1.165, 1.54) is 56.7 Å². The van der Waals surface area contributed by atoms with Gasteiger partial charge < -0.3 is 4.90 Å². The van der Waals surface area contributed by atoms with Crippen LogP contribution in [0.5, 0.6) is 0 Å². The number of hydrogen-bond donors (Lipinski definition) is 0. The number of benzene rings is 1. The molecule has 4 saturated heterocycles. The molecule has 0 bridgehead atoms. The van der Waals surface area contributed by atoms with E-state index in [-0.39, 0.29) is 35.5 Å². The van der Waals surface area contributed by atoms with Gasteiger partial charge in [0.2, 0.25) is 0 Å². The molecule has 7 heteroatoms. The minimum absolute atomic E-state index is 0.00618. The molecule has 0 N–H and O–H groups in total. The number of nitrogens with zero attached hydrogens (tertiary/aromatic N) is 3. The van der Waals surface area contributed by atoms with Gasteiger partial charge in [-0.25, -0.2) is 8.78 Å². The van der Waals surface area contributed by atoms with E-state index >= 15 is 0 Å². The summed E-state index contributed by atoms with van der Waals surface area (Å²) >= 11 is 4.40. The molecule has 1 aromatic rings. The smallest absolute Gasteiger partial charge is 0.262 e. The van der Waals surface area contributed by atoms with Crippen molar-refractivity contribution in [1.29, 1.82) is 0 Å². The van der Waals surface area contributed by atoms with Crippen LogP contribution in [-0.4, -0.2) is 92.1 Å². The summed E-state index contributed by atoms with van der Waals surface area (Å²) in [5.74, 6) is 0.242. The number of likely N-dealkylation sites (tertiary alicyclic amines) is 3. The number of hydrogen-bond acceptors (Lipinski definition) is 5. The number of rotatable bonds is 0. The van der Waals surface area contributed by atoms with Gasteiger partial charge in [0.15, 0.2) is 0 Å². The fourth-order valence-electron chi connectivity index (χ4n) is 8.89. The van der Waals surface area contributed by atoms with Gasteiger partial charge in [-0.1, -0.05) is 65.8 Å². The maximum atomic E-state index is 13.5. The van der Waals surface area contributed by atoms with Crippen LogP contribution >= 0.6 is 23.5 Å². The fourth-order valence-corrected chi connectivity index (χ4v) is 12.5. The molecule has 1 aromatic carbocycles. The first-order chi connectivity index (χ1) is 21.8. The quantitative estimate of drug-likeness (QED) is 0.265. The van der Waals surface area contributed by atoms with Gasteiger partial charge in [0.25, 0.3) is 5.92 Å². The molecular weight excluding hydrogens is 637 g/mol. The Balaban J connectivity index is 0.000000170. The van der Waals surface area contributed by atoms with Crippen LogP contribution < -0.4 is 0 Å². The Morgan fingerprint density at radius 1 is 0.667 bits per heavy atom. The largest absolute Gasteiger partial charge is 0.301 e. The molecule has 5 aliphatic rings. The summed E-state index contributed by atoms with van der Waals surface area (Å²) in [5.41, 5.74) is 4.02. The predicted molar refractivity (Wildman–Crippen MR) is 209 cm³/mol. The van der Waals surface area contributed by atoms with Crippen molar-refractivity contribution in [1.82, 2.24) is 14.7 Å². The van der Waals surface area contributed by atoms with Crippen LogP contribution in [0, 0.1) is 16.2 Å². The number of fused-ring (bicyclic) bond motifs is 1. The summed E-state index contributed by atoms with van der Waals surface area (Å²) in [5, 5.41) is 0. The SMILES string of the molecule is CC(C)(C)[C@@H]1CC(F)(F)CN1C(C)(C)C.CC(C)(C)[C@@H]1CC2(Cc3ccccc3C2)CN1C(C)(C)C.C[C@@H]1CC2(CN1C)SCCCS2.